The van der Waals surface area contributed by atoms with E-state index in [4.69, 9.17) is 5.11 Å². The van der Waals surface area contributed by atoms with Gasteiger partial charge in [0.15, 0.2) is 0 Å². The van der Waals surface area contributed by atoms with Crippen LogP contribution in [0.1, 0.15) is 31.4 Å². The fourth-order valence-electron chi connectivity index (χ4n) is 2.36. The first kappa shape index (κ1) is 12.4. The predicted molar refractivity (Wildman–Crippen MR) is 69.1 cm³/mol. The van der Waals surface area contributed by atoms with Crippen molar-refractivity contribution in [3.05, 3.63) is 29.8 Å². The van der Waals surface area contributed by atoms with Crippen molar-refractivity contribution in [2.45, 2.75) is 25.9 Å². The van der Waals surface area contributed by atoms with Gasteiger partial charge in [0.05, 0.1) is 6.10 Å². The number of rotatable bonds is 4. The van der Waals surface area contributed by atoms with Crippen LogP contribution in [0.3, 0.4) is 0 Å². The Kier molecular flexibility index (Phi) is 4.02. The molecule has 1 aromatic carbocycles. The molecule has 1 aliphatic rings. The molecular formula is C14H21NO2. The van der Waals surface area contributed by atoms with Crippen molar-refractivity contribution in [2.24, 2.45) is 5.92 Å². The first-order valence-corrected chi connectivity index (χ1v) is 6.38. The van der Waals surface area contributed by atoms with Gasteiger partial charge in [0.25, 0.3) is 0 Å². The lowest BCUT2D eigenvalue weighted by Crippen LogP contribution is -2.20. The Balaban J connectivity index is 2.03. The summed E-state index contributed by atoms with van der Waals surface area (Å²) >= 11 is 0. The highest BCUT2D eigenvalue weighted by Gasteiger charge is 2.21. The number of aliphatic hydroxyl groups excluding tert-OH is 2. The van der Waals surface area contributed by atoms with E-state index in [1.807, 2.05) is 19.1 Å². The molecule has 0 amide bonds. The summed E-state index contributed by atoms with van der Waals surface area (Å²) in [5, 5.41) is 18.8. The molecule has 1 unspecified atom stereocenters. The summed E-state index contributed by atoms with van der Waals surface area (Å²) in [4.78, 5) is 2.29. The molecule has 0 bridgehead atoms. The van der Waals surface area contributed by atoms with E-state index in [0.717, 1.165) is 31.5 Å². The highest BCUT2D eigenvalue weighted by atomic mass is 16.3. The van der Waals surface area contributed by atoms with E-state index in [1.54, 1.807) is 0 Å². The molecule has 3 nitrogen and oxygen atoms in total. The molecule has 0 aliphatic carbocycles. The van der Waals surface area contributed by atoms with Gasteiger partial charge in [0, 0.05) is 31.3 Å². The number of hydrogen-bond acceptors (Lipinski definition) is 3. The quantitative estimate of drug-likeness (QED) is 0.838. The van der Waals surface area contributed by atoms with Gasteiger partial charge in [0.1, 0.15) is 0 Å². The second kappa shape index (κ2) is 5.52. The summed E-state index contributed by atoms with van der Waals surface area (Å²) in [6, 6.07) is 8.12. The molecule has 1 aliphatic heterocycles. The Morgan fingerprint density at radius 1 is 1.35 bits per heavy atom. The van der Waals surface area contributed by atoms with Crippen molar-refractivity contribution in [3.8, 4) is 0 Å². The summed E-state index contributed by atoms with van der Waals surface area (Å²) in [5.74, 6) is 0.413. The van der Waals surface area contributed by atoms with Crippen LogP contribution in [0.15, 0.2) is 24.3 Å². The Hall–Kier alpha value is -1.06. The van der Waals surface area contributed by atoms with Crippen LogP contribution in [0.4, 0.5) is 5.69 Å². The molecule has 0 aromatic heterocycles. The third-order valence-corrected chi connectivity index (χ3v) is 3.57. The Bertz CT molecular complexity index is 350. The maximum atomic E-state index is 9.72. The molecule has 0 spiro atoms. The fraction of sp³-hybridized carbons (Fsp3) is 0.571. The molecule has 1 saturated heterocycles. The van der Waals surface area contributed by atoms with Crippen LogP contribution < -0.4 is 4.90 Å². The highest BCUT2D eigenvalue weighted by Crippen LogP contribution is 2.25. The summed E-state index contributed by atoms with van der Waals surface area (Å²) in [6.07, 6.45) is 1.46. The minimum absolute atomic E-state index is 0.281. The third kappa shape index (κ3) is 2.79. The minimum Gasteiger partial charge on any atom is -0.396 e. The average molecular weight is 235 g/mol. The monoisotopic (exact) mass is 235 g/mol. The van der Waals surface area contributed by atoms with Gasteiger partial charge in [0.2, 0.25) is 0 Å². The molecule has 1 aromatic rings. The van der Waals surface area contributed by atoms with Gasteiger partial charge >= 0.3 is 0 Å². The summed E-state index contributed by atoms with van der Waals surface area (Å²) in [6.45, 7) is 4.21. The summed E-state index contributed by atoms with van der Waals surface area (Å²) in [7, 11) is 0. The largest absolute Gasteiger partial charge is 0.396 e. The maximum absolute atomic E-state index is 9.72. The lowest BCUT2D eigenvalue weighted by Gasteiger charge is -2.19. The summed E-state index contributed by atoms with van der Waals surface area (Å²) in [5.41, 5.74) is 2.17. The van der Waals surface area contributed by atoms with E-state index in [1.165, 1.54) is 5.69 Å². The molecule has 2 atom stereocenters. The van der Waals surface area contributed by atoms with E-state index in [2.05, 4.69) is 17.0 Å². The minimum atomic E-state index is -0.354. The van der Waals surface area contributed by atoms with E-state index in [0.29, 0.717) is 5.92 Å². The molecule has 2 rings (SSSR count). The Morgan fingerprint density at radius 3 is 2.59 bits per heavy atom. The number of benzene rings is 1. The number of anilines is 1. The predicted octanol–water partition coefficient (Wildman–Crippen LogP) is 1.95. The van der Waals surface area contributed by atoms with Crippen molar-refractivity contribution in [2.75, 3.05) is 24.6 Å². The SMILES string of the molecule is CC[C@H](O)c1ccc(N2CCC(CO)C2)cc1. The lowest BCUT2D eigenvalue weighted by molar-refractivity contribution is 0.173. The van der Waals surface area contributed by atoms with Gasteiger partial charge in [-0.15, -0.1) is 0 Å². The van der Waals surface area contributed by atoms with Crippen LogP contribution in [0.2, 0.25) is 0 Å². The standard InChI is InChI=1S/C14H21NO2/c1-2-14(17)12-3-5-13(6-4-12)15-8-7-11(9-15)10-16/h3-6,11,14,16-17H,2,7-10H2,1H3/t11?,14-/m0/s1. The molecule has 94 valence electrons. The molecule has 2 N–H and O–H groups in total. The number of aliphatic hydroxyl groups is 2. The van der Waals surface area contributed by atoms with Gasteiger partial charge in [-0.3, -0.25) is 0 Å². The average Bonchev–Trinajstić information content (AvgIpc) is 2.87. The van der Waals surface area contributed by atoms with Gasteiger partial charge in [-0.25, -0.2) is 0 Å². The topological polar surface area (TPSA) is 43.7 Å². The molecule has 3 heteroatoms. The first-order chi connectivity index (χ1) is 8.24. The molecule has 0 saturated carbocycles. The van der Waals surface area contributed by atoms with E-state index in [9.17, 15) is 5.11 Å². The number of nitrogens with zero attached hydrogens (tertiary/aromatic N) is 1. The number of hydrogen-bond donors (Lipinski definition) is 2. The van der Waals surface area contributed by atoms with E-state index >= 15 is 0 Å². The normalized spacial score (nSPS) is 21.8. The van der Waals surface area contributed by atoms with Crippen LogP contribution in [0, 0.1) is 5.92 Å². The Morgan fingerprint density at radius 2 is 2.06 bits per heavy atom. The molecule has 1 fully saturated rings. The summed E-state index contributed by atoms with van der Waals surface area (Å²) < 4.78 is 0. The smallest absolute Gasteiger partial charge is 0.0787 e. The molecule has 0 radical (unpaired) electrons. The van der Waals surface area contributed by atoms with Gasteiger partial charge in [-0.1, -0.05) is 19.1 Å². The van der Waals surface area contributed by atoms with Gasteiger partial charge in [-0.2, -0.15) is 0 Å². The lowest BCUT2D eigenvalue weighted by atomic mass is 10.1. The van der Waals surface area contributed by atoms with E-state index < -0.39 is 0 Å². The van der Waals surface area contributed by atoms with Crippen LogP contribution in [-0.2, 0) is 0 Å². The van der Waals surface area contributed by atoms with E-state index in [-0.39, 0.29) is 12.7 Å². The zero-order chi connectivity index (χ0) is 12.3. The van der Waals surface area contributed by atoms with Crippen molar-refractivity contribution in [1.82, 2.24) is 0 Å². The second-order valence-corrected chi connectivity index (χ2v) is 4.80. The zero-order valence-electron chi connectivity index (χ0n) is 10.3. The van der Waals surface area contributed by atoms with Crippen LogP contribution in [0.25, 0.3) is 0 Å². The molecule has 17 heavy (non-hydrogen) atoms. The first-order valence-electron chi connectivity index (χ1n) is 6.38. The molecular weight excluding hydrogens is 214 g/mol. The Labute approximate surface area is 103 Å². The van der Waals surface area contributed by atoms with Crippen molar-refractivity contribution < 1.29 is 10.2 Å². The highest BCUT2D eigenvalue weighted by molar-refractivity contribution is 5.48. The van der Waals surface area contributed by atoms with Crippen molar-refractivity contribution in [1.29, 1.82) is 0 Å². The molecule has 1 heterocycles. The van der Waals surface area contributed by atoms with Gasteiger partial charge in [-0.05, 0) is 30.5 Å². The van der Waals surface area contributed by atoms with Crippen LogP contribution in [0.5, 0.6) is 0 Å². The third-order valence-electron chi connectivity index (χ3n) is 3.57. The van der Waals surface area contributed by atoms with Gasteiger partial charge < -0.3 is 15.1 Å². The van der Waals surface area contributed by atoms with Crippen LogP contribution >= 0.6 is 0 Å². The second-order valence-electron chi connectivity index (χ2n) is 4.80. The maximum Gasteiger partial charge on any atom is 0.0787 e. The van der Waals surface area contributed by atoms with Crippen molar-refractivity contribution in [3.63, 3.8) is 0 Å². The fourth-order valence-corrected chi connectivity index (χ4v) is 2.36. The van der Waals surface area contributed by atoms with Crippen LogP contribution in [-0.4, -0.2) is 29.9 Å². The zero-order valence-corrected chi connectivity index (χ0v) is 10.3. The van der Waals surface area contributed by atoms with Crippen molar-refractivity contribution >= 4 is 5.69 Å².